The second kappa shape index (κ2) is 8.53. The fourth-order valence-electron chi connectivity index (χ4n) is 1.77. The second-order valence-electron chi connectivity index (χ2n) is 4.62. The number of carbonyl (C=O) groups excluding carboxylic acids is 1. The molecule has 0 fully saturated rings. The molecule has 4 nitrogen and oxygen atoms in total. The molecule has 2 rings (SSSR count). The highest BCUT2D eigenvalue weighted by Crippen LogP contribution is 2.25. The highest BCUT2D eigenvalue weighted by atomic mass is 16.5. The first kappa shape index (κ1) is 8.15. The largest absolute Gasteiger partial charge is 0.497 e. The Balaban J connectivity index is 2.82. The summed E-state index contributed by atoms with van der Waals surface area (Å²) in [7, 11) is 2.64. The van der Waals surface area contributed by atoms with Crippen LogP contribution in [0.4, 0.5) is 0 Å². The number of ether oxygens (including phenoxy) is 3. The summed E-state index contributed by atoms with van der Waals surface area (Å²) in [6, 6.07) is -4.33. The van der Waals surface area contributed by atoms with E-state index >= 15 is 0 Å². The third-order valence-electron chi connectivity index (χ3n) is 2.99. The maximum Gasteiger partial charge on any atom is 0.313 e. The summed E-state index contributed by atoms with van der Waals surface area (Å²) in [6.07, 6.45) is 0.825. The van der Waals surface area contributed by atoms with Gasteiger partial charge in [-0.25, -0.2) is 0 Å². The van der Waals surface area contributed by atoms with E-state index < -0.39 is 65.9 Å². The number of hydrogen-bond acceptors (Lipinski definition) is 4. The van der Waals surface area contributed by atoms with Crippen LogP contribution in [0.1, 0.15) is 44.9 Å². The van der Waals surface area contributed by atoms with Gasteiger partial charge in [-0.3, -0.25) is 4.79 Å². The number of benzene rings is 2. The lowest BCUT2D eigenvalue weighted by Gasteiger charge is -2.13. The Bertz CT molecular complexity index is 1070. The predicted octanol–water partition coefficient (Wildman–Crippen LogP) is 3.92. The number of carbonyl (C=O) groups is 1. The molecule has 0 unspecified atom stereocenters. The van der Waals surface area contributed by atoms with Gasteiger partial charge in [-0.05, 0) is 48.1 Å². The molecule has 2 aromatic carbocycles. The van der Waals surface area contributed by atoms with E-state index in [0.717, 1.165) is 7.11 Å². The van der Waals surface area contributed by atoms with Crippen LogP contribution in [0, 0.1) is 0 Å². The van der Waals surface area contributed by atoms with E-state index in [0.29, 0.717) is 19.4 Å². The fraction of sp³-hybridized carbons (Fsp3) is 0.421. The van der Waals surface area contributed by atoms with Gasteiger partial charge in [-0.2, -0.15) is 0 Å². The Kier molecular flexibility index (Phi) is 3.03. The van der Waals surface area contributed by atoms with Crippen molar-refractivity contribution in [1.82, 2.24) is 0 Å². The van der Waals surface area contributed by atoms with Gasteiger partial charge in [0.1, 0.15) is 5.75 Å². The van der Waals surface area contributed by atoms with Crippen LogP contribution in [0.25, 0.3) is 10.8 Å². The second-order valence-corrected chi connectivity index (χ2v) is 4.62. The molecule has 0 spiro atoms. The number of unbranched alkanes of at least 4 members (excludes halogenated alkanes) is 1. The normalized spacial score (nSPS) is 20.3. The first-order chi connectivity index (χ1) is 15.3. The lowest BCUT2D eigenvalue weighted by molar-refractivity contribution is -0.145. The molecule has 0 saturated carbocycles. The minimum Gasteiger partial charge on any atom is -0.497 e. The van der Waals surface area contributed by atoms with Crippen molar-refractivity contribution >= 4 is 16.7 Å². The van der Waals surface area contributed by atoms with Crippen LogP contribution in [0.15, 0.2) is 36.3 Å². The monoisotopic (exact) mass is 326 g/mol. The minimum atomic E-state index is -3.40. The van der Waals surface area contributed by atoms with Gasteiger partial charge in [0, 0.05) is 19.2 Å². The van der Waals surface area contributed by atoms with Crippen molar-refractivity contribution in [3.63, 3.8) is 0 Å². The molecule has 0 aromatic heterocycles. The molecule has 0 heterocycles. The van der Waals surface area contributed by atoms with Gasteiger partial charge in [0.05, 0.1) is 27.8 Å². The van der Waals surface area contributed by atoms with Crippen molar-refractivity contribution < 1.29 is 32.7 Å². The third kappa shape index (κ3) is 4.70. The molecule has 4 heteroatoms. The van der Waals surface area contributed by atoms with E-state index in [4.69, 9.17) is 27.9 Å². The zero-order valence-electron chi connectivity index (χ0n) is 23.0. The molecule has 0 amide bonds. The summed E-state index contributed by atoms with van der Waals surface area (Å²) < 4.78 is 96.5. The molecule has 0 saturated heterocycles. The van der Waals surface area contributed by atoms with Gasteiger partial charge in [0.15, 0.2) is 0 Å². The number of fused-ring (bicyclic) bond motifs is 1. The predicted molar refractivity (Wildman–Crippen MR) is 91.0 cm³/mol. The van der Waals surface area contributed by atoms with Crippen LogP contribution >= 0.6 is 0 Å². The molecule has 0 bridgehead atoms. The van der Waals surface area contributed by atoms with Gasteiger partial charge in [-0.15, -0.1) is 0 Å². The van der Waals surface area contributed by atoms with Crippen molar-refractivity contribution in [3.05, 3.63) is 41.8 Å². The summed E-state index contributed by atoms with van der Waals surface area (Å²) in [6.45, 7) is -3.25. The molecular formula is C19H24O4. The lowest BCUT2D eigenvalue weighted by atomic mass is 9.98. The van der Waals surface area contributed by atoms with E-state index in [1.54, 1.807) is 0 Å². The van der Waals surface area contributed by atoms with Crippen LogP contribution in [0.3, 0.4) is 0 Å². The Morgan fingerprint density at radius 3 is 2.65 bits per heavy atom. The average Bonchev–Trinajstić information content (AvgIpc) is 2.73. The smallest absolute Gasteiger partial charge is 0.313 e. The zero-order valence-corrected chi connectivity index (χ0v) is 13.0. The number of rotatable bonds is 8. The van der Waals surface area contributed by atoms with Crippen LogP contribution in [-0.4, -0.2) is 33.4 Å². The van der Waals surface area contributed by atoms with Crippen molar-refractivity contribution in [1.29, 1.82) is 0 Å². The highest BCUT2D eigenvalue weighted by Gasteiger charge is 2.17. The van der Waals surface area contributed by atoms with Gasteiger partial charge in [0.25, 0.3) is 0 Å². The first-order valence-corrected chi connectivity index (χ1v) is 7.01. The van der Waals surface area contributed by atoms with Crippen LogP contribution in [-0.2, 0) is 14.3 Å². The molecule has 0 aliphatic rings. The van der Waals surface area contributed by atoms with E-state index in [9.17, 15) is 4.79 Å². The topological polar surface area (TPSA) is 44.8 Å². The van der Waals surface area contributed by atoms with Crippen molar-refractivity contribution in [3.8, 4) is 5.75 Å². The Morgan fingerprint density at radius 2 is 1.91 bits per heavy atom. The van der Waals surface area contributed by atoms with Gasteiger partial charge in [-0.1, -0.05) is 24.2 Å². The average molecular weight is 326 g/mol. The molecule has 0 aliphatic carbocycles. The first-order valence-electron chi connectivity index (χ1n) is 12.0. The molecule has 124 valence electrons. The van der Waals surface area contributed by atoms with E-state index in [-0.39, 0.29) is 17.7 Å². The number of hydrogen-bond donors (Lipinski definition) is 0. The maximum absolute atomic E-state index is 12.8. The molecule has 2 aromatic rings. The van der Waals surface area contributed by atoms with E-state index in [1.165, 1.54) is 7.11 Å². The molecule has 0 aliphatic heterocycles. The molecule has 0 N–H and O–H groups in total. The Labute approximate surface area is 151 Å². The Morgan fingerprint density at radius 1 is 1.17 bits per heavy atom. The quantitative estimate of drug-likeness (QED) is 0.545. The van der Waals surface area contributed by atoms with Crippen molar-refractivity contribution in [2.75, 3.05) is 27.4 Å². The highest BCUT2D eigenvalue weighted by molar-refractivity contribution is 5.86. The maximum atomic E-state index is 12.8. The lowest BCUT2D eigenvalue weighted by Crippen LogP contribution is -2.14. The van der Waals surface area contributed by atoms with Crippen LogP contribution in [0.2, 0.25) is 0 Å². The van der Waals surface area contributed by atoms with Crippen molar-refractivity contribution in [2.45, 2.75) is 25.6 Å². The molecule has 1 atom stereocenters. The zero-order chi connectivity index (χ0) is 25.3. The fourth-order valence-corrected chi connectivity index (χ4v) is 1.77. The Hall–Kier alpha value is -2.07. The van der Waals surface area contributed by atoms with E-state index in [1.807, 2.05) is 0 Å². The molecule has 23 heavy (non-hydrogen) atoms. The number of esters is 1. The summed E-state index contributed by atoms with van der Waals surface area (Å²) in [4.78, 5) is 12.8. The summed E-state index contributed by atoms with van der Waals surface area (Å²) in [5, 5.41) is -0.872. The summed E-state index contributed by atoms with van der Waals surface area (Å²) in [5.41, 5.74) is -0.945. The molecule has 0 radical (unpaired) electrons. The minimum absolute atomic E-state index is 0.227. The van der Waals surface area contributed by atoms with Crippen LogP contribution < -0.4 is 4.74 Å². The molecular weight excluding hydrogens is 292 g/mol. The standard InChI is InChI=1S/C19H24O4/c1-14(19(20)23-11-5-4-10-21-2)15-6-7-17-13-18(22-3)9-8-16(17)12-15/h6-9,12-14H,4-5,10-11H2,1-3H3/t14-/m0/s1/i1D3,6D,7D,8D,9D,12D,13D,14D. The SMILES string of the molecule is [2H]c1c([C@@]([2H])(C(=O)OCCCCOC)C([2H])([2H])[2H])c([2H])c2c([2H])c([2H])c(OC)c([2H])c2c1[2H]. The van der Waals surface area contributed by atoms with Crippen molar-refractivity contribution in [2.24, 2.45) is 0 Å². The van der Waals surface area contributed by atoms with E-state index in [2.05, 4.69) is 0 Å². The van der Waals surface area contributed by atoms with Gasteiger partial charge >= 0.3 is 5.97 Å². The summed E-state index contributed by atoms with van der Waals surface area (Å²) >= 11 is 0. The van der Waals surface area contributed by atoms with Gasteiger partial charge in [0.2, 0.25) is 0 Å². The number of methoxy groups -OCH3 is 2. The third-order valence-corrected chi connectivity index (χ3v) is 2.99. The van der Waals surface area contributed by atoms with Gasteiger partial charge < -0.3 is 14.2 Å². The summed E-state index contributed by atoms with van der Waals surface area (Å²) in [5.74, 6) is -5.13. The van der Waals surface area contributed by atoms with Crippen LogP contribution in [0.5, 0.6) is 5.75 Å².